The monoisotopic (exact) mass is 275 g/mol. The van der Waals surface area contributed by atoms with Crippen LogP contribution in [0, 0.1) is 0 Å². The van der Waals surface area contributed by atoms with Crippen molar-refractivity contribution in [2.75, 3.05) is 17.7 Å². The van der Waals surface area contributed by atoms with Crippen molar-refractivity contribution in [3.05, 3.63) is 40.2 Å². The second-order valence-electron chi connectivity index (χ2n) is 4.54. The number of carbonyl (C=O) groups is 1. The first-order valence-electron chi connectivity index (χ1n) is 6.13. The molecular weight excluding hydrogens is 258 g/mol. The molecule has 2 rings (SSSR count). The van der Waals surface area contributed by atoms with Gasteiger partial charge in [0.25, 0.3) is 5.91 Å². The molecule has 0 aliphatic carbocycles. The molecule has 0 radical (unpaired) electrons. The van der Waals surface area contributed by atoms with E-state index in [1.807, 2.05) is 22.9 Å². The molecular formula is C14H17N3OS. The Bertz CT molecular complexity index is 564. The van der Waals surface area contributed by atoms with E-state index in [0.717, 1.165) is 11.4 Å². The second kappa shape index (κ2) is 5.84. The summed E-state index contributed by atoms with van der Waals surface area (Å²) in [6, 6.07) is 5.48. The third kappa shape index (κ3) is 3.32. The molecule has 2 aromatic heterocycles. The molecule has 100 valence electrons. The first-order chi connectivity index (χ1) is 9.10. The maximum absolute atomic E-state index is 12.2. The van der Waals surface area contributed by atoms with Crippen LogP contribution in [-0.2, 0) is 0 Å². The van der Waals surface area contributed by atoms with Crippen molar-refractivity contribution in [3.8, 4) is 0 Å². The largest absolute Gasteiger partial charge is 0.373 e. The highest BCUT2D eigenvalue weighted by Crippen LogP contribution is 2.19. The molecule has 0 fully saturated rings. The van der Waals surface area contributed by atoms with Gasteiger partial charge in [0.05, 0.1) is 5.69 Å². The fourth-order valence-electron chi connectivity index (χ4n) is 1.65. The summed E-state index contributed by atoms with van der Waals surface area (Å²) in [4.78, 5) is 16.6. The minimum absolute atomic E-state index is 0.112. The first kappa shape index (κ1) is 13.5. The highest BCUT2D eigenvalue weighted by Gasteiger charge is 2.11. The fraction of sp³-hybridized carbons (Fsp3) is 0.286. The van der Waals surface area contributed by atoms with E-state index < -0.39 is 0 Å². The van der Waals surface area contributed by atoms with E-state index in [1.165, 1.54) is 0 Å². The van der Waals surface area contributed by atoms with Crippen LogP contribution >= 0.6 is 11.3 Å². The molecule has 0 aliphatic heterocycles. The lowest BCUT2D eigenvalue weighted by Gasteiger charge is -2.10. The summed E-state index contributed by atoms with van der Waals surface area (Å²) >= 11 is 1.55. The minimum Gasteiger partial charge on any atom is -0.373 e. The standard InChI is InChI=1S/C14H17N3OS/c1-9(2)12-6-10(7-13(15-3)17-12)14(18)16-11-4-5-19-8-11/h4-9H,1-3H3,(H,15,17)(H,16,18). The number of pyridine rings is 1. The summed E-state index contributed by atoms with van der Waals surface area (Å²) < 4.78 is 0. The van der Waals surface area contributed by atoms with Gasteiger partial charge in [0.2, 0.25) is 0 Å². The van der Waals surface area contributed by atoms with Crippen LogP contribution in [0.15, 0.2) is 29.0 Å². The Balaban J connectivity index is 2.27. The van der Waals surface area contributed by atoms with Crippen LogP contribution in [0.4, 0.5) is 11.5 Å². The van der Waals surface area contributed by atoms with Crippen LogP contribution in [0.2, 0.25) is 0 Å². The zero-order valence-corrected chi connectivity index (χ0v) is 12.0. The van der Waals surface area contributed by atoms with E-state index in [0.29, 0.717) is 11.4 Å². The number of hydrogen-bond donors (Lipinski definition) is 2. The van der Waals surface area contributed by atoms with Gasteiger partial charge in [-0.1, -0.05) is 13.8 Å². The number of rotatable bonds is 4. The highest BCUT2D eigenvalue weighted by molar-refractivity contribution is 7.08. The van der Waals surface area contributed by atoms with E-state index in [1.54, 1.807) is 24.5 Å². The summed E-state index contributed by atoms with van der Waals surface area (Å²) in [6.45, 7) is 4.12. The summed E-state index contributed by atoms with van der Waals surface area (Å²) in [7, 11) is 1.80. The molecule has 2 N–H and O–H groups in total. The quantitative estimate of drug-likeness (QED) is 0.897. The summed E-state index contributed by atoms with van der Waals surface area (Å²) in [5, 5.41) is 9.69. The molecule has 19 heavy (non-hydrogen) atoms. The van der Waals surface area contributed by atoms with Crippen molar-refractivity contribution in [1.82, 2.24) is 4.98 Å². The number of carbonyl (C=O) groups excluding carboxylic acids is 1. The number of nitrogens with zero attached hydrogens (tertiary/aromatic N) is 1. The molecule has 5 heteroatoms. The number of amides is 1. The Morgan fingerprint density at radius 3 is 2.74 bits per heavy atom. The Hall–Kier alpha value is -1.88. The number of thiophene rings is 1. The maximum atomic E-state index is 12.2. The maximum Gasteiger partial charge on any atom is 0.255 e. The molecule has 0 saturated carbocycles. The van der Waals surface area contributed by atoms with Crippen molar-refractivity contribution < 1.29 is 4.79 Å². The van der Waals surface area contributed by atoms with Gasteiger partial charge < -0.3 is 10.6 Å². The first-order valence-corrected chi connectivity index (χ1v) is 7.07. The fourth-order valence-corrected chi connectivity index (χ4v) is 2.23. The van der Waals surface area contributed by atoms with Gasteiger partial charge in [-0.15, -0.1) is 0 Å². The van der Waals surface area contributed by atoms with Crippen molar-refractivity contribution in [2.45, 2.75) is 19.8 Å². The van der Waals surface area contributed by atoms with Crippen molar-refractivity contribution in [1.29, 1.82) is 0 Å². The molecule has 2 heterocycles. The van der Waals surface area contributed by atoms with Crippen LogP contribution in [0.3, 0.4) is 0 Å². The molecule has 2 aromatic rings. The van der Waals surface area contributed by atoms with Gasteiger partial charge in [-0.25, -0.2) is 4.98 Å². The molecule has 0 saturated heterocycles. The Morgan fingerprint density at radius 1 is 1.37 bits per heavy atom. The third-order valence-electron chi connectivity index (χ3n) is 2.73. The van der Waals surface area contributed by atoms with Crippen LogP contribution in [-0.4, -0.2) is 17.9 Å². The predicted molar refractivity (Wildman–Crippen MR) is 80.1 cm³/mol. The van der Waals surface area contributed by atoms with Gasteiger partial charge in [-0.05, 0) is 29.5 Å². The average Bonchev–Trinajstić information content (AvgIpc) is 2.90. The van der Waals surface area contributed by atoms with Crippen LogP contribution in [0.1, 0.15) is 35.8 Å². The van der Waals surface area contributed by atoms with Gasteiger partial charge >= 0.3 is 0 Å². The van der Waals surface area contributed by atoms with Crippen LogP contribution < -0.4 is 10.6 Å². The smallest absolute Gasteiger partial charge is 0.255 e. The summed E-state index contributed by atoms with van der Waals surface area (Å²) in [6.07, 6.45) is 0. The SMILES string of the molecule is CNc1cc(C(=O)Nc2ccsc2)cc(C(C)C)n1. The lowest BCUT2D eigenvalue weighted by atomic mass is 10.1. The van der Waals surface area contributed by atoms with Gasteiger partial charge in [0.15, 0.2) is 0 Å². The van der Waals surface area contributed by atoms with Crippen LogP contribution in [0.5, 0.6) is 0 Å². The molecule has 0 spiro atoms. The summed E-state index contributed by atoms with van der Waals surface area (Å²) in [5.41, 5.74) is 2.35. The number of hydrogen-bond acceptors (Lipinski definition) is 4. The van der Waals surface area contributed by atoms with E-state index in [9.17, 15) is 4.79 Å². The molecule has 0 unspecified atom stereocenters. The van der Waals surface area contributed by atoms with Crippen molar-refractivity contribution in [3.63, 3.8) is 0 Å². The van der Waals surface area contributed by atoms with Crippen molar-refractivity contribution in [2.24, 2.45) is 0 Å². The van der Waals surface area contributed by atoms with Gasteiger partial charge in [-0.2, -0.15) is 11.3 Å². The zero-order valence-electron chi connectivity index (χ0n) is 11.2. The van der Waals surface area contributed by atoms with Gasteiger partial charge in [0, 0.05) is 23.7 Å². The second-order valence-corrected chi connectivity index (χ2v) is 5.32. The van der Waals surface area contributed by atoms with E-state index in [4.69, 9.17) is 0 Å². The predicted octanol–water partition coefficient (Wildman–Crippen LogP) is 3.56. The van der Waals surface area contributed by atoms with E-state index in [-0.39, 0.29) is 11.8 Å². The topological polar surface area (TPSA) is 54.0 Å². The molecule has 4 nitrogen and oxygen atoms in total. The minimum atomic E-state index is -0.112. The molecule has 0 aliphatic rings. The molecule has 1 amide bonds. The lowest BCUT2D eigenvalue weighted by Crippen LogP contribution is -2.13. The molecule has 0 aromatic carbocycles. The number of aromatic nitrogens is 1. The molecule has 0 atom stereocenters. The van der Waals surface area contributed by atoms with Crippen LogP contribution in [0.25, 0.3) is 0 Å². The number of nitrogens with one attached hydrogen (secondary N) is 2. The van der Waals surface area contributed by atoms with Gasteiger partial charge in [-0.3, -0.25) is 4.79 Å². The number of anilines is 2. The van der Waals surface area contributed by atoms with E-state index in [2.05, 4.69) is 29.5 Å². The summed E-state index contributed by atoms with van der Waals surface area (Å²) in [5.74, 6) is 0.877. The third-order valence-corrected chi connectivity index (χ3v) is 3.42. The van der Waals surface area contributed by atoms with Crippen molar-refractivity contribution >= 4 is 28.7 Å². The average molecular weight is 275 g/mol. The highest BCUT2D eigenvalue weighted by atomic mass is 32.1. The van der Waals surface area contributed by atoms with Gasteiger partial charge in [0.1, 0.15) is 5.82 Å². The normalized spacial score (nSPS) is 10.5. The van der Waals surface area contributed by atoms with E-state index >= 15 is 0 Å². The Kier molecular flexibility index (Phi) is 4.16. The Labute approximate surface area is 116 Å². The zero-order chi connectivity index (χ0) is 13.8. The Morgan fingerprint density at radius 2 is 2.16 bits per heavy atom. The lowest BCUT2D eigenvalue weighted by molar-refractivity contribution is 0.102. The molecule has 0 bridgehead atoms.